The molecule has 3 aromatic rings. The van der Waals surface area contributed by atoms with Gasteiger partial charge in [-0.2, -0.15) is 0 Å². The zero-order chi connectivity index (χ0) is 13.9. The molecule has 0 fully saturated rings. The molecular weight excluding hydrogens is 252 g/mol. The molecule has 2 N–H and O–H groups in total. The Morgan fingerprint density at radius 1 is 1.15 bits per heavy atom. The van der Waals surface area contributed by atoms with Crippen molar-refractivity contribution in [1.82, 2.24) is 19.9 Å². The number of H-pyrrole nitrogens is 1. The predicted octanol–water partition coefficient (Wildman–Crippen LogP) is 2.33. The SMILES string of the molecule is Cc1ccc(-c2nc(-c3cccnc3)c(CO)[nH]2)cn1. The van der Waals surface area contributed by atoms with Gasteiger partial charge in [0.2, 0.25) is 0 Å². The van der Waals surface area contributed by atoms with Crippen molar-refractivity contribution in [1.29, 1.82) is 0 Å². The molecule has 0 atom stereocenters. The van der Waals surface area contributed by atoms with E-state index in [1.165, 1.54) is 0 Å². The van der Waals surface area contributed by atoms with Gasteiger partial charge in [0.05, 0.1) is 18.0 Å². The number of nitrogens with one attached hydrogen (secondary N) is 1. The first-order valence-electron chi connectivity index (χ1n) is 6.31. The molecule has 0 aliphatic heterocycles. The zero-order valence-corrected chi connectivity index (χ0v) is 11.0. The molecule has 3 rings (SSSR count). The number of aryl methyl sites for hydroxylation is 1. The minimum absolute atomic E-state index is 0.101. The fraction of sp³-hybridized carbons (Fsp3) is 0.133. The maximum atomic E-state index is 9.48. The van der Waals surface area contributed by atoms with Gasteiger partial charge in [0, 0.05) is 35.4 Å². The Morgan fingerprint density at radius 3 is 2.70 bits per heavy atom. The van der Waals surface area contributed by atoms with Gasteiger partial charge in [-0.15, -0.1) is 0 Å². The highest BCUT2D eigenvalue weighted by Gasteiger charge is 2.13. The number of aromatic amines is 1. The lowest BCUT2D eigenvalue weighted by Crippen LogP contribution is -1.88. The molecule has 3 aromatic heterocycles. The maximum Gasteiger partial charge on any atom is 0.139 e. The summed E-state index contributed by atoms with van der Waals surface area (Å²) in [6.45, 7) is 1.84. The number of aliphatic hydroxyl groups is 1. The van der Waals surface area contributed by atoms with Crippen LogP contribution in [0.15, 0.2) is 42.9 Å². The van der Waals surface area contributed by atoms with Crippen LogP contribution >= 0.6 is 0 Å². The lowest BCUT2D eigenvalue weighted by molar-refractivity contribution is 0.278. The second-order valence-corrected chi connectivity index (χ2v) is 4.50. The predicted molar refractivity (Wildman–Crippen MR) is 75.7 cm³/mol. The molecular formula is C15H14N4O. The molecule has 0 aliphatic carbocycles. The molecule has 0 bridgehead atoms. The van der Waals surface area contributed by atoms with Gasteiger partial charge in [-0.05, 0) is 31.2 Å². The summed E-state index contributed by atoms with van der Waals surface area (Å²) < 4.78 is 0. The second kappa shape index (κ2) is 5.22. The first-order valence-corrected chi connectivity index (χ1v) is 6.31. The standard InChI is InChI=1S/C15H14N4O/c1-10-4-5-12(8-17-10)15-18-13(9-20)14(19-15)11-3-2-6-16-7-11/h2-8,20H,9H2,1H3,(H,18,19). The van der Waals surface area contributed by atoms with Crippen molar-refractivity contribution in [3.8, 4) is 22.6 Å². The molecule has 5 nitrogen and oxygen atoms in total. The minimum atomic E-state index is -0.101. The third kappa shape index (κ3) is 2.31. The van der Waals surface area contributed by atoms with E-state index >= 15 is 0 Å². The van der Waals surface area contributed by atoms with Crippen LogP contribution in [0.3, 0.4) is 0 Å². The van der Waals surface area contributed by atoms with Crippen LogP contribution in [0.1, 0.15) is 11.4 Å². The number of rotatable bonds is 3. The van der Waals surface area contributed by atoms with Crippen molar-refractivity contribution < 1.29 is 5.11 Å². The highest BCUT2D eigenvalue weighted by Crippen LogP contribution is 2.25. The molecule has 0 aliphatic rings. The van der Waals surface area contributed by atoms with Crippen molar-refractivity contribution in [2.24, 2.45) is 0 Å². The van der Waals surface area contributed by atoms with Gasteiger partial charge in [0.15, 0.2) is 0 Å². The van der Waals surface area contributed by atoms with Crippen LogP contribution < -0.4 is 0 Å². The average Bonchev–Trinajstić information content (AvgIpc) is 2.93. The summed E-state index contributed by atoms with van der Waals surface area (Å²) in [6, 6.07) is 7.65. The van der Waals surface area contributed by atoms with Crippen LogP contribution in [-0.4, -0.2) is 25.0 Å². The number of pyridine rings is 2. The molecule has 100 valence electrons. The van der Waals surface area contributed by atoms with Crippen LogP contribution in [0.5, 0.6) is 0 Å². The van der Waals surface area contributed by atoms with E-state index in [4.69, 9.17) is 0 Å². The second-order valence-electron chi connectivity index (χ2n) is 4.50. The van der Waals surface area contributed by atoms with E-state index in [2.05, 4.69) is 19.9 Å². The number of imidazole rings is 1. The Labute approximate surface area is 116 Å². The number of hydrogen-bond acceptors (Lipinski definition) is 4. The Morgan fingerprint density at radius 2 is 2.05 bits per heavy atom. The molecule has 0 amide bonds. The van der Waals surface area contributed by atoms with Crippen molar-refractivity contribution in [3.63, 3.8) is 0 Å². The largest absolute Gasteiger partial charge is 0.390 e. The Balaban J connectivity index is 2.07. The first kappa shape index (κ1) is 12.5. The Kier molecular flexibility index (Phi) is 3.26. The minimum Gasteiger partial charge on any atom is -0.390 e. The van der Waals surface area contributed by atoms with E-state index in [1.54, 1.807) is 18.6 Å². The normalized spacial score (nSPS) is 10.7. The van der Waals surface area contributed by atoms with Gasteiger partial charge in [0.25, 0.3) is 0 Å². The maximum absolute atomic E-state index is 9.48. The van der Waals surface area contributed by atoms with Crippen LogP contribution in [0.4, 0.5) is 0 Å². The zero-order valence-electron chi connectivity index (χ0n) is 11.0. The average molecular weight is 266 g/mol. The number of nitrogens with zero attached hydrogens (tertiary/aromatic N) is 3. The monoisotopic (exact) mass is 266 g/mol. The summed E-state index contributed by atoms with van der Waals surface area (Å²) >= 11 is 0. The fourth-order valence-electron chi connectivity index (χ4n) is 2.01. The van der Waals surface area contributed by atoms with Crippen molar-refractivity contribution >= 4 is 0 Å². The smallest absolute Gasteiger partial charge is 0.139 e. The molecule has 0 unspecified atom stereocenters. The number of hydrogen-bond donors (Lipinski definition) is 2. The number of aromatic nitrogens is 4. The van der Waals surface area contributed by atoms with Crippen LogP contribution in [0.25, 0.3) is 22.6 Å². The molecule has 0 radical (unpaired) electrons. The van der Waals surface area contributed by atoms with E-state index in [1.807, 2.05) is 31.2 Å². The van der Waals surface area contributed by atoms with E-state index in [9.17, 15) is 5.11 Å². The third-order valence-electron chi connectivity index (χ3n) is 3.06. The van der Waals surface area contributed by atoms with Gasteiger partial charge < -0.3 is 10.1 Å². The summed E-state index contributed by atoms with van der Waals surface area (Å²) in [7, 11) is 0. The lowest BCUT2D eigenvalue weighted by atomic mass is 10.2. The molecule has 0 spiro atoms. The molecule has 0 saturated carbocycles. The van der Waals surface area contributed by atoms with Gasteiger partial charge in [0.1, 0.15) is 5.82 Å². The Hall–Kier alpha value is -2.53. The van der Waals surface area contributed by atoms with Crippen LogP contribution in [0, 0.1) is 6.92 Å². The third-order valence-corrected chi connectivity index (χ3v) is 3.06. The molecule has 3 heterocycles. The van der Waals surface area contributed by atoms with Crippen molar-refractivity contribution in [3.05, 3.63) is 54.2 Å². The van der Waals surface area contributed by atoms with Gasteiger partial charge in [-0.3, -0.25) is 9.97 Å². The summed E-state index contributed by atoms with van der Waals surface area (Å²) in [5, 5.41) is 9.48. The van der Waals surface area contributed by atoms with Crippen LogP contribution in [-0.2, 0) is 6.61 Å². The van der Waals surface area contributed by atoms with Gasteiger partial charge >= 0.3 is 0 Å². The quantitative estimate of drug-likeness (QED) is 0.763. The molecule has 20 heavy (non-hydrogen) atoms. The highest BCUT2D eigenvalue weighted by atomic mass is 16.3. The topological polar surface area (TPSA) is 74.7 Å². The van der Waals surface area contributed by atoms with Gasteiger partial charge in [-0.25, -0.2) is 4.98 Å². The molecule has 0 aromatic carbocycles. The fourth-order valence-corrected chi connectivity index (χ4v) is 2.01. The van der Waals surface area contributed by atoms with Crippen molar-refractivity contribution in [2.45, 2.75) is 13.5 Å². The van der Waals surface area contributed by atoms with E-state index in [0.717, 1.165) is 22.5 Å². The Bertz CT molecular complexity index is 704. The highest BCUT2D eigenvalue weighted by molar-refractivity contribution is 5.66. The van der Waals surface area contributed by atoms with E-state index in [-0.39, 0.29) is 6.61 Å². The molecule has 0 saturated heterocycles. The van der Waals surface area contributed by atoms with E-state index in [0.29, 0.717) is 11.5 Å². The van der Waals surface area contributed by atoms with Crippen LogP contribution in [0.2, 0.25) is 0 Å². The van der Waals surface area contributed by atoms with Crippen molar-refractivity contribution in [2.75, 3.05) is 0 Å². The van der Waals surface area contributed by atoms with E-state index < -0.39 is 0 Å². The molecule has 5 heteroatoms. The lowest BCUT2D eigenvalue weighted by Gasteiger charge is -1.97. The first-order chi connectivity index (χ1) is 9.78. The number of aliphatic hydroxyl groups excluding tert-OH is 1. The summed E-state index contributed by atoms with van der Waals surface area (Å²) in [4.78, 5) is 16.0. The summed E-state index contributed by atoms with van der Waals surface area (Å²) in [5.74, 6) is 0.695. The van der Waals surface area contributed by atoms with Gasteiger partial charge in [-0.1, -0.05) is 0 Å². The summed E-state index contributed by atoms with van der Waals surface area (Å²) in [5.41, 5.74) is 4.11. The summed E-state index contributed by atoms with van der Waals surface area (Å²) in [6.07, 6.45) is 5.20.